The number of ether oxygens (including phenoxy) is 1. The highest BCUT2D eigenvalue weighted by Gasteiger charge is 2.11. The molecule has 0 bridgehead atoms. The van der Waals surface area contributed by atoms with Crippen LogP contribution in [0.1, 0.15) is 11.1 Å². The van der Waals surface area contributed by atoms with Gasteiger partial charge < -0.3 is 9.15 Å². The van der Waals surface area contributed by atoms with Gasteiger partial charge in [0.25, 0.3) is 0 Å². The molecule has 0 saturated heterocycles. The van der Waals surface area contributed by atoms with E-state index in [0.717, 1.165) is 39.1 Å². The summed E-state index contributed by atoms with van der Waals surface area (Å²) in [6.07, 6.45) is 0. The summed E-state index contributed by atoms with van der Waals surface area (Å²) in [6, 6.07) is 24.2. The van der Waals surface area contributed by atoms with Crippen molar-refractivity contribution in [2.45, 2.75) is 13.8 Å². The lowest BCUT2D eigenvalue weighted by molar-refractivity contribution is 0.415. The molecule has 3 aromatic carbocycles. The van der Waals surface area contributed by atoms with Crippen LogP contribution in [0.25, 0.3) is 22.1 Å². The summed E-state index contributed by atoms with van der Waals surface area (Å²) in [5, 5.41) is 2.15. The van der Waals surface area contributed by atoms with Crippen molar-refractivity contribution in [3.05, 3.63) is 89.5 Å². The molecule has 134 valence electrons. The predicted molar refractivity (Wildman–Crippen MR) is 109 cm³/mol. The van der Waals surface area contributed by atoms with Crippen LogP contribution in [-0.4, -0.2) is 7.11 Å². The summed E-state index contributed by atoms with van der Waals surface area (Å²) in [5.41, 5.74) is 4.79. The second-order valence-electron chi connectivity index (χ2n) is 6.58. The molecule has 0 radical (unpaired) electrons. The molecule has 0 N–H and O–H groups in total. The molecule has 0 aliphatic heterocycles. The van der Waals surface area contributed by atoms with Crippen molar-refractivity contribution in [1.29, 1.82) is 0 Å². The SMILES string of the molecule is COc1ccc(-c2oc(=Nc3ccc(C)cc3)c3ccccc3c2C)cc1. The molecule has 27 heavy (non-hydrogen) atoms. The average molecular weight is 355 g/mol. The van der Waals surface area contributed by atoms with Gasteiger partial charge in [0.2, 0.25) is 5.55 Å². The van der Waals surface area contributed by atoms with Crippen molar-refractivity contribution in [1.82, 2.24) is 0 Å². The van der Waals surface area contributed by atoms with Gasteiger partial charge in [-0.1, -0.05) is 35.9 Å². The summed E-state index contributed by atoms with van der Waals surface area (Å²) in [7, 11) is 1.67. The smallest absolute Gasteiger partial charge is 0.227 e. The van der Waals surface area contributed by atoms with E-state index in [1.54, 1.807) is 7.11 Å². The Hall–Kier alpha value is -3.33. The first-order valence-electron chi connectivity index (χ1n) is 8.94. The number of nitrogens with zero attached hydrogens (tertiary/aromatic N) is 1. The number of fused-ring (bicyclic) bond motifs is 1. The van der Waals surface area contributed by atoms with Crippen LogP contribution in [0.4, 0.5) is 5.69 Å². The Balaban J connectivity index is 1.97. The molecule has 4 rings (SSSR count). The number of benzene rings is 3. The quantitative estimate of drug-likeness (QED) is 0.454. The van der Waals surface area contributed by atoms with Gasteiger partial charge in [0.05, 0.1) is 12.8 Å². The summed E-state index contributed by atoms with van der Waals surface area (Å²) < 4.78 is 11.6. The molecule has 0 fully saturated rings. The molecule has 0 unspecified atom stereocenters. The van der Waals surface area contributed by atoms with E-state index in [1.165, 1.54) is 5.56 Å². The highest BCUT2D eigenvalue weighted by molar-refractivity contribution is 5.88. The monoisotopic (exact) mass is 355 g/mol. The molecule has 0 saturated carbocycles. The lowest BCUT2D eigenvalue weighted by Gasteiger charge is -2.10. The van der Waals surface area contributed by atoms with Crippen LogP contribution >= 0.6 is 0 Å². The van der Waals surface area contributed by atoms with E-state index in [0.29, 0.717) is 5.55 Å². The maximum Gasteiger partial charge on any atom is 0.227 e. The third-order valence-corrected chi connectivity index (χ3v) is 4.72. The van der Waals surface area contributed by atoms with Gasteiger partial charge in [-0.05, 0) is 61.7 Å². The fourth-order valence-electron chi connectivity index (χ4n) is 3.18. The van der Waals surface area contributed by atoms with Crippen molar-refractivity contribution < 1.29 is 9.15 Å². The highest BCUT2D eigenvalue weighted by Crippen LogP contribution is 2.29. The van der Waals surface area contributed by atoms with Crippen LogP contribution in [-0.2, 0) is 0 Å². The minimum atomic E-state index is 0.617. The van der Waals surface area contributed by atoms with E-state index in [1.807, 2.05) is 48.5 Å². The Morgan fingerprint density at radius 1 is 0.778 bits per heavy atom. The van der Waals surface area contributed by atoms with Crippen molar-refractivity contribution >= 4 is 16.5 Å². The maximum atomic E-state index is 6.31. The highest BCUT2D eigenvalue weighted by atomic mass is 16.5. The molecule has 0 aliphatic rings. The number of aryl methyl sites for hydroxylation is 2. The molecule has 4 aromatic rings. The molecule has 0 amide bonds. The van der Waals surface area contributed by atoms with Gasteiger partial charge in [-0.2, -0.15) is 0 Å². The van der Waals surface area contributed by atoms with Gasteiger partial charge in [0.1, 0.15) is 11.5 Å². The van der Waals surface area contributed by atoms with Gasteiger partial charge in [0, 0.05) is 16.5 Å². The Kier molecular flexibility index (Phi) is 4.51. The lowest BCUT2D eigenvalue weighted by Crippen LogP contribution is -2.05. The zero-order chi connectivity index (χ0) is 18.8. The van der Waals surface area contributed by atoms with E-state index in [9.17, 15) is 0 Å². The first-order chi connectivity index (χ1) is 13.2. The van der Waals surface area contributed by atoms with Crippen molar-refractivity contribution in [3.63, 3.8) is 0 Å². The average Bonchev–Trinajstić information content (AvgIpc) is 2.72. The van der Waals surface area contributed by atoms with Crippen LogP contribution in [0.3, 0.4) is 0 Å². The molecule has 0 atom stereocenters. The summed E-state index contributed by atoms with van der Waals surface area (Å²) in [6.45, 7) is 4.15. The van der Waals surface area contributed by atoms with E-state index in [-0.39, 0.29) is 0 Å². The van der Waals surface area contributed by atoms with E-state index < -0.39 is 0 Å². The van der Waals surface area contributed by atoms with Crippen LogP contribution in [0.2, 0.25) is 0 Å². The standard InChI is InChI=1S/C24H21NO2/c1-16-8-12-19(13-9-16)25-24-22-7-5-4-6-21(22)17(2)23(27-24)18-10-14-20(26-3)15-11-18/h4-15H,1-3H3. The zero-order valence-electron chi connectivity index (χ0n) is 15.7. The Bertz CT molecular complexity index is 1150. The van der Waals surface area contributed by atoms with Crippen molar-refractivity contribution in [2.75, 3.05) is 7.11 Å². The van der Waals surface area contributed by atoms with E-state index in [2.05, 4.69) is 38.1 Å². The number of rotatable bonds is 3. The summed E-state index contributed by atoms with van der Waals surface area (Å²) in [4.78, 5) is 4.78. The van der Waals surface area contributed by atoms with Crippen molar-refractivity contribution in [3.8, 4) is 17.1 Å². The fourth-order valence-corrected chi connectivity index (χ4v) is 3.18. The molecule has 0 spiro atoms. The van der Waals surface area contributed by atoms with Crippen LogP contribution < -0.4 is 10.3 Å². The molecule has 0 aliphatic carbocycles. The molecule has 3 heteroatoms. The Morgan fingerprint density at radius 2 is 1.44 bits per heavy atom. The molecular formula is C24H21NO2. The predicted octanol–water partition coefficient (Wildman–Crippen LogP) is 5.96. The van der Waals surface area contributed by atoms with Crippen LogP contribution in [0.15, 0.2) is 82.2 Å². The van der Waals surface area contributed by atoms with Crippen molar-refractivity contribution in [2.24, 2.45) is 4.99 Å². The van der Waals surface area contributed by atoms with E-state index in [4.69, 9.17) is 14.1 Å². The zero-order valence-corrected chi connectivity index (χ0v) is 15.7. The van der Waals surface area contributed by atoms with Gasteiger partial charge in [-0.3, -0.25) is 0 Å². The Labute approximate surface area is 158 Å². The minimum Gasteiger partial charge on any atom is -0.497 e. The summed E-state index contributed by atoms with van der Waals surface area (Å²) >= 11 is 0. The van der Waals surface area contributed by atoms with Crippen LogP contribution in [0, 0.1) is 13.8 Å². The van der Waals surface area contributed by atoms with Gasteiger partial charge in [-0.15, -0.1) is 0 Å². The second kappa shape index (κ2) is 7.12. The lowest BCUT2D eigenvalue weighted by atomic mass is 10.0. The topological polar surface area (TPSA) is 34.7 Å². The third kappa shape index (κ3) is 3.36. The minimum absolute atomic E-state index is 0.617. The maximum absolute atomic E-state index is 6.31. The number of hydrogen-bond acceptors (Lipinski definition) is 3. The van der Waals surface area contributed by atoms with Gasteiger partial charge in [-0.25, -0.2) is 4.99 Å². The van der Waals surface area contributed by atoms with Gasteiger partial charge >= 0.3 is 0 Å². The van der Waals surface area contributed by atoms with Crippen LogP contribution in [0.5, 0.6) is 5.75 Å². The molecule has 3 nitrogen and oxygen atoms in total. The largest absolute Gasteiger partial charge is 0.497 e. The first-order valence-corrected chi connectivity index (χ1v) is 8.94. The van der Waals surface area contributed by atoms with E-state index >= 15 is 0 Å². The Morgan fingerprint density at radius 3 is 2.11 bits per heavy atom. The molecular weight excluding hydrogens is 334 g/mol. The normalized spacial score (nSPS) is 11.7. The first kappa shape index (κ1) is 17.1. The number of methoxy groups -OCH3 is 1. The molecule has 1 aromatic heterocycles. The van der Waals surface area contributed by atoms with Gasteiger partial charge in [0.15, 0.2) is 0 Å². The number of hydrogen-bond donors (Lipinski definition) is 0. The molecule has 1 heterocycles. The third-order valence-electron chi connectivity index (χ3n) is 4.72. The second-order valence-corrected chi connectivity index (χ2v) is 6.58. The fraction of sp³-hybridized carbons (Fsp3) is 0.125. The summed E-state index contributed by atoms with van der Waals surface area (Å²) in [5.74, 6) is 1.64.